The third-order valence-electron chi connectivity index (χ3n) is 3.89. The lowest BCUT2D eigenvalue weighted by Crippen LogP contribution is -2.18. The van der Waals surface area contributed by atoms with Gasteiger partial charge in [0.2, 0.25) is 0 Å². The molecule has 0 fully saturated rings. The van der Waals surface area contributed by atoms with Crippen LogP contribution in [0.25, 0.3) is 11.1 Å². The fourth-order valence-electron chi connectivity index (χ4n) is 2.62. The monoisotopic (exact) mass is 378 g/mol. The smallest absolute Gasteiger partial charge is 0.168 e. The van der Waals surface area contributed by atoms with Crippen LogP contribution in [0.15, 0.2) is 78.9 Å². The number of hydrogen-bond acceptors (Lipinski definition) is 3. The van der Waals surface area contributed by atoms with E-state index in [1.807, 2.05) is 54.6 Å². The minimum absolute atomic E-state index is 0.235. The molecule has 3 aromatic carbocycles. The Bertz CT molecular complexity index is 867. The van der Waals surface area contributed by atoms with E-state index < -0.39 is 0 Å². The Hall–Kier alpha value is -3.05. The minimum Gasteiger partial charge on any atom is -0.493 e. The van der Waals surface area contributed by atoms with E-state index >= 15 is 0 Å². The number of ether oxygens (including phenoxy) is 2. The Balaban J connectivity index is 1.41. The lowest BCUT2D eigenvalue weighted by Gasteiger charge is -2.10. The average molecular weight is 378 g/mol. The van der Waals surface area contributed by atoms with Gasteiger partial charge in [-0.3, -0.25) is 0 Å². The molecule has 3 N–H and O–H groups in total. The number of nitrogens with one attached hydrogen (secondary N) is 1. The summed E-state index contributed by atoms with van der Waals surface area (Å²) in [5.41, 5.74) is 8.67. The SMILES string of the molecule is NC(=S)Nc1cccc(OCCCOc2ccc(-c3ccccc3)cc2)c1. The van der Waals surface area contributed by atoms with Gasteiger partial charge in [-0.05, 0) is 47.6 Å². The summed E-state index contributed by atoms with van der Waals surface area (Å²) in [4.78, 5) is 0. The Kier molecular flexibility index (Phi) is 6.66. The van der Waals surface area contributed by atoms with Crippen LogP contribution in [0.4, 0.5) is 5.69 Å². The lowest BCUT2D eigenvalue weighted by molar-refractivity contribution is 0.247. The third kappa shape index (κ3) is 6.01. The first-order valence-electron chi connectivity index (χ1n) is 8.78. The van der Waals surface area contributed by atoms with E-state index in [0.29, 0.717) is 13.2 Å². The molecule has 5 heteroatoms. The van der Waals surface area contributed by atoms with Crippen molar-refractivity contribution in [1.82, 2.24) is 0 Å². The van der Waals surface area contributed by atoms with Crippen molar-refractivity contribution < 1.29 is 9.47 Å². The summed E-state index contributed by atoms with van der Waals surface area (Å²) < 4.78 is 11.5. The quantitative estimate of drug-likeness (QED) is 0.433. The topological polar surface area (TPSA) is 56.5 Å². The average Bonchev–Trinajstić information content (AvgIpc) is 2.69. The summed E-state index contributed by atoms with van der Waals surface area (Å²) in [6.45, 7) is 1.16. The highest BCUT2D eigenvalue weighted by Gasteiger charge is 2.00. The van der Waals surface area contributed by atoms with E-state index in [0.717, 1.165) is 23.6 Å². The number of hydrogen-bond donors (Lipinski definition) is 2. The Labute approximate surface area is 164 Å². The third-order valence-corrected chi connectivity index (χ3v) is 3.99. The summed E-state index contributed by atoms with van der Waals surface area (Å²) in [5, 5.41) is 3.12. The van der Waals surface area contributed by atoms with Crippen LogP contribution in [0, 0.1) is 0 Å². The molecule has 0 atom stereocenters. The van der Waals surface area contributed by atoms with Gasteiger partial charge in [0.15, 0.2) is 5.11 Å². The molecule has 0 aliphatic rings. The highest BCUT2D eigenvalue weighted by atomic mass is 32.1. The molecule has 0 saturated carbocycles. The van der Waals surface area contributed by atoms with E-state index in [1.165, 1.54) is 11.1 Å². The summed E-state index contributed by atoms with van der Waals surface area (Å²) in [6, 6.07) is 25.9. The molecule has 0 bridgehead atoms. The molecule has 0 amide bonds. The molecule has 0 radical (unpaired) electrons. The summed E-state index contributed by atoms with van der Waals surface area (Å²) in [6.07, 6.45) is 0.785. The van der Waals surface area contributed by atoms with Crippen molar-refractivity contribution >= 4 is 23.0 Å². The van der Waals surface area contributed by atoms with Crippen LogP contribution in [0.3, 0.4) is 0 Å². The van der Waals surface area contributed by atoms with Crippen molar-refractivity contribution in [2.75, 3.05) is 18.5 Å². The molecule has 3 aromatic rings. The molecule has 27 heavy (non-hydrogen) atoms. The van der Waals surface area contributed by atoms with Gasteiger partial charge in [0.1, 0.15) is 11.5 Å². The zero-order valence-corrected chi connectivity index (χ0v) is 15.7. The molecule has 0 heterocycles. The number of anilines is 1. The standard InChI is InChI=1S/C22H22N2O2S/c23-22(27)24-19-8-4-9-21(16-19)26-15-5-14-25-20-12-10-18(11-13-20)17-6-2-1-3-7-17/h1-4,6-13,16H,5,14-15H2,(H3,23,24,27). The highest BCUT2D eigenvalue weighted by molar-refractivity contribution is 7.80. The van der Waals surface area contributed by atoms with Crippen molar-refractivity contribution in [1.29, 1.82) is 0 Å². The van der Waals surface area contributed by atoms with E-state index in [1.54, 1.807) is 0 Å². The highest BCUT2D eigenvalue weighted by Crippen LogP contribution is 2.22. The first kappa shape index (κ1) is 18.7. The summed E-state index contributed by atoms with van der Waals surface area (Å²) in [7, 11) is 0. The van der Waals surface area contributed by atoms with Crippen molar-refractivity contribution in [3.05, 3.63) is 78.9 Å². The van der Waals surface area contributed by atoms with Gasteiger partial charge < -0.3 is 20.5 Å². The van der Waals surface area contributed by atoms with Crippen LogP contribution in [0.2, 0.25) is 0 Å². The fourth-order valence-corrected chi connectivity index (χ4v) is 2.74. The Morgan fingerprint density at radius 3 is 2.15 bits per heavy atom. The molecule has 0 spiro atoms. The van der Waals surface area contributed by atoms with Crippen LogP contribution >= 0.6 is 12.2 Å². The van der Waals surface area contributed by atoms with E-state index in [2.05, 4.69) is 29.6 Å². The van der Waals surface area contributed by atoms with Crippen molar-refractivity contribution in [2.45, 2.75) is 6.42 Å². The Morgan fingerprint density at radius 1 is 0.778 bits per heavy atom. The van der Waals surface area contributed by atoms with Gasteiger partial charge in [-0.15, -0.1) is 0 Å². The van der Waals surface area contributed by atoms with Crippen LogP contribution in [-0.2, 0) is 0 Å². The molecule has 0 aromatic heterocycles. The maximum Gasteiger partial charge on any atom is 0.168 e. The van der Waals surface area contributed by atoms with Crippen molar-refractivity contribution in [2.24, 2.45) is 5.73 Å². The van der Waals surface area contributed by atoms with Crippen LogP contribution in [0.1, 0.15) is 6.42 Å². The van der Waals surface area contributed by atoms with Gasteiger partial charge in [-0.25, -0.2) is 0 Å². The predicted molar refractivity (Wildman–Crippen MR) is 114 cm³/mol. The zero-order chi connectivity index (χ0) is 18.9. The maximum absolute atomic E-state index is 5.79. The van der Waals surface area contributed by atoms with Crippen LogP contribution < -0.4 is 20.5 Å². The van der Waals surface area contributed by atoms with Gasteiger partial charge in [0.05, 0.1) is 13.2 Å². The number of nitrogens with two attached hydrogens (primary N) is 1. The van der Waals surface area contributed by atoms with Gasteiger partial charge in [0, 0.05) is 18.2 Å². The molecule has 0 aliphatic heterocycles. The molecular weight excluding hydrogens is 356 g/mol. The normalized spacial score (nSPS) is 10.2. The first-order valence-corrected chi connectivity index (χ1v) is 9.19. The lowest BCUT2D eigenvalue weighted by atomic mass is 10.1. The molecule has 0 aliphatic carbocycles. The second-order valence-electron chi connectivity index (χ2n) is 5.96. The van der Waals surface area contributed by atoms with Gasteiger partial charge >= 0.3 is 0 Å². The second kappa shape index (κ2) is 9.59. The van der Waals surface area contributed by atoms with E-state index in [-0.39, 0.29) is 5.11 Å². The van der Waals surface area contributed by atoms with E-state index in [9.17, 15) is 0 Å². The molecule has 3 rings (SSSR count). The zero-order valence-electron chi connectivity index (χ0n) is 14.9. The fraction of sp³-hybridized carbons (Fsp3) is 0.136. The van der Waals surface area contributed by atoms with Gasteiger partial charge in [-0.1, -0.05) is 48.5 Å². The molecule has 138 valence electrons. The number of rotatable bonds is 8. The largest absolute Gasteiger partial charge is 0.493 e. The van der Waals surface area contributed by atoms with Crippen molar-refractivity contribution in [3.8, 4) is 22.6 Å². The molecule has 0 saturated heterocycles. The van der Waals surface area contributed by atoms with Gasteiger partial charge in [-0.2, -0.15) is 0 Å². The maximum atomic E-state index is 5.79. The number of thiocarbonyl (C=S) groups is 1. The van der Waals surface area contributed by atoms with E-state index in [4.69, 9.17) is 27.4 Å². The molecular formula is C22H22N2O2S. The molecule has 4 nitrogen and oxygen atoms in total. The van der Waals surface area contributed by atoms with Crippen molar-refractivity contribution in [3.63, 3.8) is 0 Å². The van der Waals surface area contributed by atoms with Gasteiger partial charge in [0.25, 0.3) is 0 Å². The van der Waals surface area contributed by atoms with Crippen LogP contribution in [-0.4, -0.2) is 18.3 Å². The second-order valence-corrected chi connectivity index (χ2v) is 6.40. The summed E-state index contributed by atoms with van der Waals surface area (Å²) in [5.74, 6) is 1.63. The predicted octanol–water partition coefficient (Wildman–Crippen LogP) is 4.86. The Morgan fingerprint density at radius 2 is 1.44 bits per heavy atom. The summed E-state index contributed by atoms with van der Waals surface area (Å²) >= 11 is 4.83. The first-order chi connectivity index (χ1) is 13.2. The minimum atomic E-state index is 0.235. The molecule has 0 unspecified atom stereocenters. The van der Waals surface area contributed by atoms with Crippen LogP contribution in [0.5, 0.6) is 11.5 Å². The number of benzene rings is 3.